The van der Waals surface area contributed by atoms with Crippen molar-refractivity contribution in [2.75, 3.05) is 13.2 Å². The summed E-state index contributed by atoms with van der Waals surface area (Å²) in [6.07, 6.45) is 5.57. The fourth-order valence-corrected chi connectivity index (χ4v) is 3.87. The highest BCUT2D eigenvalue weighted by molar-refractivity contribution is 7.09. The van der Waals surface area contributed by atoms with Gasteiger partial charge < -0.3 is 9.64 Å². The van der Waals surface area contributed by atoms with Crippen LogP contribution in [0, 0.1) is 5.92 Å². The molecule has 164 valence electrons. The molecule has 0 fully saturated rings. The minimum Gasteiger partial charge on any atom is -0.461 e. The minimum absolute atomic E-state index is 0.00337. The van der Waals surface area contributed by atoms with Gasteiger partial charge in [-0.3, -0.25) is 4.79 Å². The summed E-state index contributed by atoms with van der Waals surface area (Å²) in [7, 11) is 0. The zero-order valence-electron chi connectivity index (χ0n) is 18.6. The quantitative estimate of drug-likeness (QED) is 0.318. The molecule has 30 heavy (non-hydrogen) atoms. The van der Waals surface area contributed by atoms with E-state index in [1.165, 1.54) is 36.2 Å². The third-order valence-electron chi connectivity index (χ3n) is 4.90. The van der Waals surface area contributed by atoms with E-state index in [-0.39, 0.29) is 5.91 Å². The van der Waals surface area contributed by atoms with Crippen molar-refractivity contribution >= 4 is 23.2 Å². The Hall–Kier alpha value is -2.21. The average Bonchev–Trinajstić information content (AvgIpc) is 3.20. The first-order chi connectivity index (χ1) is 14.4. The topological polar surface area (TPSA) is 59.5 Å². The lowest BCUT2D eigenvalue weighted by atomic mass is 10.0. The fourth-order valence-electron chi connectivity index (χ4n) is 3.09. The summed E-state index contributed by atoms with van der Waals surface area (Å²) in [5.41, 5.74) is 2.28. The van der Waals surface area contributed by atoms with Crippen molar-refractivity contribution in [3.05, 3.63) is 51.5 Å². The molecule has 1 heterocycles. The summed E-state index contributed by atoms with van der Waals surface area (Å²) < 4.78 is 5.01. The van der Waals surface area contributed by atoms with Gasteiger partial charge in [0.05, 0.1) is 13.2 Å². The molecule has 0 aliphatic rings. The first kappa shape index (κ1) is 24.1. The number of rotatable bonds is 12. The predicted molar refractivity (Wildman–Crippen MR) is 122 cm³/mol. The maximum Gasteiger partial charge on any atom is 0.357 e. The van der Waals surface area contributed by atoms with Crippen molar-refractivity contribution in [3.63, 3.8) is 0 Å². The first-order valence-corrected chi connectivity index (χ1v) is 11.8. The highest BCUT2D eigenvalue weighted by Crippen LogP contribution is 2.18. The van der Waals surface area contributed by atoms with Crippen LogP contribution >= 0.6 is 11.3 Å². The molecule has 1 amide bonds. The van der Waals surface area contributed by atoms with Crippen molar-refractivity contribution in [1.29, 1.82) is 0 Å². The normalized spacial score (nSPS) is 11.0. The van der Waals surface area contributed by atoms with Gasteiger partial charge in [-0.15, -0.1) is 11.3 Å². The van der Waals surface area contributed by atoms with Gasteiger partial charge in [0.25, 0.3) is 5.91 Å². The van der Waals surface area contributed by atoms with Crippen LogP contribution in [0.15, 0.2) is 29.6 Å². The Balaban J connectivity index is 2.09. The Bertz CT molecular complexity index is 799. The number of benzene rings is 1. The number of aromatic nitrogens is 1. The molecule has 2 rings (SSSR count). The molecule has 0 saturated heterocycles. The summed E-state index contributed by atoms with van der Waals surface area (Å²) in [6, 6.07) is 7.98. The van der Waals surface area contributed by atoms with E-state index in [9.17, 15) is 9.59 Å². The molecule has 0 unspecified atom stereocenters. The number of ether oxygens (including phenoxy) is 1. The smallest absolute Gasteiger partial charge is 0.357 e. The van der Waals surface area contributed by atoms with Gasteiger partial charge in [-0.05, 0) is 49.8 Å². The van der Waals surface area contributed by atoms with Gasteiger partial charge in [0.1, 0.15) is 5.01 Å². The van der Waals surface area contributed by atoms with Crippen molar-refractivity contribution in [2.45, 2.75) is 66.3 Å². The molecule has 0 atom stereocenters. The SMILES string of the molecule is CCCCCc1ccc(C(=O)N(CCC(C)C)Cc2nc(C(=O)OCC)cs2)cc1. The highest BCUT2D eigenvalue weighted by atomic mass is 32.1. The Morgan fingerprint density at radius 2 is 1.87 bits per heavy atom. The molecule has 0 saturated carbocycles. The van der Waals surface area contributed by atoms with Crippen LogP contribution in [0.4, 0.5) is 0 Å². The van der Waals surface area contributed by atoms with Gasteiger partial charge >= 0.3 is 5.97 Å². The number of nitrogens with zero attached hydrogens (tertiary/aromatic N) is 2. The molecule has 0 aliphatic heterocycles. The first-order valence-electron chi connectivity index (χ1n) is 10.9. The van der Waals surface area contributed by atoms with Gasteiger partial charge in [-0.25, -0.2) is 9.78 Å². The van der Waals surface area contributed by atoms with Crippen LogP contribution in [0.5, 0.6) is 0 Å². The number of thiazole rings is 1. The summed E-state index contributed by atoms with van der Waals surface area (Å²) in [6.45, 7) is 9.64. The molecule has 2 aromatic rings. The molecule has 0 aliphatic carbocycles. The Labute approximate surface area is 184 Å². The van der Waals surface area contributed by atoms with E-state index >= 15 is 0 Å². The zero-order chi connectivity index (χ0) is 21.9. The third kappa shape index (κ3) is 7.56. The zero-order valence-corrected chi connectivity index (χ0v) is 19.5. The summed E-state index contributed by atoms with van der Waals surface area (Å²) >= 11 is 1.39. The van der Waals surface area contributed by atoms with E-state index in [4.69, 9.17) is 4.74 Å². The van der Waals surface area contributed by atoms with Crippen LogP contribution in [0.2, 0.25) is 0 Å². The molecule has 6 heteroatoms. The van der Waals surface area contributed by atoms with Crippen LogP contribution in [0.1, 0.15) is 84.8 Å². The minimum atomic E-state index is -0.418. The van der Waals surface area contributed by atoms with Crippen LogP contribution in [-0.2, 0) is 17.7 Å². The second-order valence-corrected chi connectivity index (χ2v) is 8.85. The average molecular weight is 431 g/mol. The number of carbonyl (C=O) groups excluding carboxylic acids is 2. The fraction of sp³-hybridized carbons (Fsp3) is 0.542. The number of unbranched alkanes of at least 4 members (excludes halogenated alkanes) is 2. The largest absolute Gasteiger partial charge is 0.461 e. The number of carbonyl (C=O) groups is 2. The molecule has 0 spiro atoms. The van der Waals surface area contributed by atoms with Crippen molar-refractivity contribution in [1.82, 2.24) is 9.88 Å². The van der Waals surface area contributed by atoms with E-state index in [2.05, 4.69) is 37.9 Å². The van der Waals surface area contributed by atoms with Crippen molar-refractivity contribution < 1.29 is 14.3 Å². The molecule has 1 aromatic carbocycles. The molecular weight excluding hydrogens is 396 g/mol. The van der Waals surface area contributed by atoms with Crippen molar-refractivity contribution in [3.8, 4) is 0 Å². The van der Waals surface area contributed by atoms with E-state index in [1.807, 2.05) is 17.0 Å². The lowest BCUT2D eigenvalue weighted by Gasteiger charge is -2.23. The van der Waals surface area contributed by atoms with Gasteiger partial charge in [0.15, 0.2) is 5.69 Å². The summed E-state index contributed by atoms with van der Waals surface area (Å²) in [5.74, 6) is 0.0787. The standard InChI is InChI=1S/C24H34N2O3S/c1-5-7-8-9-19-10-12-20(13-11-19)23(27)26(15-14-18(3)4)16-22-25-21(17-30-22)24(28)29-6-2/h10-13,17-18H,5-9,14-16H2,1-4H3. The van der Waals surface area contributed by atoms with E-state index in [1.54, 1.807) is 12.3 Å². The molecule has 0 bridgehead atoms. The van der Waals surface area contributed by atoms with E-state index < -0.39 is 5.97 Å². The number of aryl methyl sites for hydroxylation is 1. The third-order valence-corrected chi connectivity index (χ3v) is 5.73. The molecule has 0 N–H and O–H groups in total. The molecule has 5 nitrogen and oxygen atoms in total. The van der Waals surface area contributed by atoms with Crippen LogP contribution in [-0.4, -0.2) is 34.9 Å². The molecule has 1 aromatic heterocycles. The number of hydrogen-bond acceptors (Lipinski definition) is 5. The summed E-state index contributed by atoms with van der Waals surface area (Å²) in [4.78, 5) is 31.3. The number of amides is 1. The van der Waals surface area contributed by atoms with Gasteiger partial charge in [0, 0.05) is 17.5 Å². The second-order valence-electron chi connectivity index (χ2n) is 7.91. The van der Waals surface area contributed by atoms with Gasteiger partial charge in [-0.1, -0.05) is 45.7 Å². The maximum atomic E-state index is 13.2. The monoisotopic (exact) mass is 430 g/mol. The number of esters is 1. The van der Waals surface area contributed by atoms with E-state index in [0.29, 0.717) is 36.9 Å². The Morgan fingerprint density at radius 1 is 1.13 bits per heavy atom. The molecular formula is C24H34N2O3S. The van der Waals surface area contributed by atoms with Crippen molar-refractivity contribution in [2.24, 2.45) is 5.92 Å². The van der Waals surface area contributed by atoms with Crippen LogP contribution in [0.3, 0.4) is 0 Å². The van der Waals surface area contributed by atoms with Gasteiger partial charge in [0.2, 0.25) is 0 Å². The predicted octanol–water partition coefficient (Wildman–Crippen LogP) is 5.74. The lowest BCUT2D eigenvalue weighted by molar-refractivity contribution is 0.0520. The Morgan fingerprint density at radius 3 is 2.50 bits per heavy atom. The second kappa shape index (κ2) is 12.5. The lowest BCUT2D eigenvalue weighted by Crippen LogP contribution is -2.32. The number of hydrogen-bond donors (Lipinski definition) is 0. The van der Waals surface area contributed by atoms with Crippen LogP contribution in [0.25, 0.3) is 0 Å². The molecule has 0 radical (unpaired) electrons. The van der Waals surface area contributed by atoms with E-state index in [0.717, 1.165) is 17.8 Å². The van der Waals surface area contributed by atoms with Crippen LogP contribution < -0.4 is 0 Å². The maximum absolute atomic E-state index is 13.2. The van der Waals surface area contributed by atoms with Gasteiger partial charge in [-0.2, -0.15) is 0 Å². The highest BCUT2D eigenvalue weighted by Gasteiger charge is 2.19. The Kier molecular flexibility index (Phi) is 10.0. The summed E-state index contributed by atoms with van der Waals surface area (Å²) in [5, 5.41) is 2.44.